The average Bonchev–Trinajstić information content (AvgIpc) is 2.91. The fourth-order valence-electron chi connectivity index (χ4n) is 4.47. The van der Waals surface area contributed by atoms with Crippen LogP contribution in [0.15, 0.2) is 24.3 Å². The largest absolute Gasteiger partial charge is 0.484 e. The van der Waals surface area contributed by atoms with Gasteiger partial charge in [0, 0.05) is 29.7 Å². The predicted octanol–water partition coefficient (Wildman–Crippen LogP) is 6.60. The maximum Gasteiger partial charge on any atom is 0.224 e. The third-order valence-corrected chi connectivity index (χ3v) is 6.41. The fraction of sp³-hybridized carbons (Fsp3) is 0.536. The number of hydrogen-bond donors (Lipinski definition) is 2. The maximum atomic E-state index is 12.8. The molecule has 2 aromatic rings. The van der Waals surface area contributed by atoms with Crippen LogP contribution in [0.2, 0.25) is 0 Å². The van der Waals surface area contributed by atoms with Crippen LogP contribution in [-0.2, 0) is 11.2 Å². The van der Waals surface area contributed by atoms with Gasteiger partial charge in [0.1, 0.15) is 17.5 Å². The van der Waals surface area contributed by atoms with E-state index < -0.39 is 11.7 Å². The molecule has 0 saturated heterocycles. The summed E-state index contributed by atoms with van der Waals surface area (Å²) >= 11 is 0. The number of rotatable bonds is 5. The Bertz CT molecular complexity index is 1010. The molecule has 0 saturated carbocycles. The van der Waals surface area contributed by atoms with Gasteiger partial charge in [-0.05, 0) is 61.3 Å². The fourth-order valence-corrected chi connectivity index (χ4v) is 4.47. The minimum absolute atomic E-state index is 0.0106. The Hall–Kier alpha value is -2.33. The van der Waals surface area contributed by atoms with Crippen LogP contribution in [0, 0.1) is 19.3 Å². The van der Waals surface area contributed by atoms with Crippen LogP contribution in [0.1, 0.15) is 100 Å². The first-order chi connectivity index (χ1) is 14.7. The quantitative estimate of drug-likeness (QED) is 0.554. The Morgan fingerprint density at radius 1 is 1.12 bits per heavy atom. The van der Waals surface area contributed by atoms with Gasteiger partial charge in [-0.3, -0.25) is 4.79 Å². The number of nitrogens with one attached hydrogen (secondary N) is 1. The van der Waals surface area contributed by atoms with Gasteiger partial charge in [-0.1, -0.05) is 58.9 Å². The van der Waals surface area contributed by atoms with Crippen molar-refractivity contribution in [3.8, 4) is 5.75 Å². The lowest BCUT2D eigenvalue weighted by Gasteiger charge is -2.22. The van der Waals surface area contributed by atoms with Gasteiger partial charge in [-0.2, -0.15) is 0 Å². The predicted molar refractivity (Wildman–Crippen MR) is 132 cm³/mol. The van der Waals surface area contributed by atoms with Crippen molar-refractivity contribution in [2.75, 3.05) is 5.32 Å². The topological polar surface area (TPSA) is 58.6 Å². The highest BCUT2D eigenvalue weighted by Crippen LogP contribution is 2.50. The molecule has 2 N–H and O–H groups in total. The summed E-state index contributed by atoms with van der Waals surface area (Å²) < 4.78 is 6.31. The van der Waals surface area contributed by atoms with Crippen molar-refractivity contribution in [2.45, 2.75) is 92.8 Å². The number of carbonyl (C=O) groups is 1. The SMILES string of the molecule is Cc1c(Cc2ccc(C(C)C)cc2)c2c(c(C)c1NC(=O)CC(C)(C)C)C(O)C(C)(C)O2. The van der Waals surface area contributed by atoms with E-state index >= 15 is 0 Å². The molecule has 4 heteroatoms. The molecule has 2 aromatic carbocycles. The van der Waals surface area contributed by atoms with Gasteiger partial charge in [0.05, 0.1) is 0 Å². The second-order valence-electron chi connectivity index (χ2n) is 11.3. The summed E-state index contributed by atoms with van der Waals surface area (Å²) in [5.74, 6) is 1.24. The number of ether oxygens (including phenoxy) is 1. The van der Waals surface area contributed by atoms with E-state index in [4.69, 9.17) is 4.74 Å². The smallest absolute Gasteiger partial charge is 0.224 e. The van der Waals surface area contributed by atoms with Crippen LogP contribution in [-0.4, -0.2) is 16.6 Å². The van der Waals surface area contributed by atoms with E-state index in [1.807, 2.05) is 27.7 Å². The highest BCUT2D eigenvalue weighted by molar-refractivity contribution is 5.93. The molecule has 1 atom stereocenters. The second kappa shape index (κ2) is 8.55. The van der Waals surface area contributed by atoms with Crippen LogP contribution in [0.25, 0.3) is 0 Å². The van der Waals surface area contributed by atoms with Crippen molar-refractivity contribution in [3.63, 3.8) is 0 Å². The van der Waals surface area contributed by atoms with E-state index in [9.17, 15) is 9.90 Å². The zero-order valence-electron chi connectivity index (χ0n) is 21.1. The highest BCUT2D eigenvalue weighted by Gasteiger charge is 2.43. The Morgan fingerprint density at radius 2 is 1.72 bits per heavy atom. The van der Waals surface area contributed by atoms with E-state index in [1.54, 1.807) is 0 Å². The number of anilines is 1. The lowest BCUT2D eigenvalue weighted by Crippen LogP contribution is -2.30. The third kappa shape index (κ3) is 4.85. The Morgan fingerprint density at radius 3 is 2.25 bits per heavy atom. The van der Waals surface area contributed by atoms with Crippen molar-refractivity contribution >= 4 is 11.6 Å². The average molecular weight is 438 g/mol. The summed E-state index contributed by atoms with van der Waals surface area (Å²) in [6, 6.07) is 8.68. The molecule has 0 radical (unpaired) electrons. The standard InChI is InChI=1S/C28H39NO3/c1-16(2)20-12-10-19(11-13-20)14-21-17(3)24(29-22(30)15-27(5,6)7)18(4)23-25(21)32-28(8,9)26(23)31/h10-13,16,26,31H,14-15H2,1-9H3,(H,29,30). The number of hydrogen-bond acceptors (Lipinski definition) is 3. The van der Waals surface area contributed by atoms with E-state index in [1.165, 1.54) is 11.1 Å². The molecule has 1 heterocycles. The monoisotopic (exact) mass is 437 g/mol. The summed E-state index contributed by atoms with van der Waals surface area (Å²) in [6.07, 6.45) is 0.357. The van der Waals surface area contributed by atoms with E-state index in [0.717, 1.165) is 33.7 Å². The molecule has 0 aromatic heterocycles. The zero-order chi connectivity index (χ0) is 24.0. The lowest BCUT2D eigenvalue weighted by molar-refractivity contribution is -0.117. The Labute approximate surface area is 193 Å². The molecule has 4 nitrogen and oxygen atoms in total. The van der Waals surface area contributed by atoms with Crippen LogP contribution in [0.5, 0.6) is 5.75 Å². The summed E-state index contributed by atoms with van der Waals surface area (Å²) in [4.78, 5) is 12.8. The molecule has 0 bridgehead atoms. The summed E-state index contributed by atoms with van der Waals surface area (Å²) in [5.41, 5.74) is 6.17. The van der Waals surface area contributed by atoms with Gasteiger partial charge in [-0.15, -0.1) is 0 Å². The molecule has 1 amide bonds. The maximum absolute atomic E-state index is 12.8. The minimum Gasteiger partial charge on any atom is -0.484 e. The number of aliphatic hydroxyl groups is 1. The van der Waals surface area contributed by atoms with Crippen molar-refractivity contribution < 1.29 is 14.6 Å². The number of carbonyl (C=O) groups excluding carboxylic acids is 1. The van der Waals surface area contributed by atoms with Crippen LogP contribution >= 0.6 is 0 Å². The summed E-state index contributed by atoms with van der Waals surface area (Å²) in [5, 5.41) is 14.2. The van der Waals surface area contributed by atoms with Gasteiger partial charge in [0.2, 0.25) is 5.91 Å². The zero-order valence-corrected chi connectivity index (χ0v) is 21.1. The minimum atomic E-state index is -0.751. The van der Waals surface area contributed by atoms with Crippen molar-refractivity contribution in [1.29, 1.82) is 0 Å². The molecule has 32 heavy (non-hydrogen) atoms. The van der Waals surface area contributed by atoms with E-state index in [0.29, 0.717) is 18.8 Å². The Balaban J connectivity index is 2.08. The third-order valence-electron chi connectivity index (χ3n) is 6.41. The first-order valence-electron chi connectivity index (χ1n) is 11.6. The molecule has 0 aliphatic carbocycles. The first kappa shape index (κ1) is 24.3. The van der Waals surface area contributed by atoms with Crippen LogP contribution in [0.3, 0.4) is 0 Å². The van der Waals surface area contributed by atoms with Crippen LogP contribution in [0.4, 0.5) is 5.69 Å². The second-order valence-corrected chi connectivity index (χ2v) is 11.3. The van der Waals surface area contributed by atoms with Crippen LogP contribution < -0.4 is 10.1 Å². The molecule has 1 unspecified atom stereocenters. The van der Waals surface area contributed by atoms with Crippen molar-refractivity contribution in [1.82, 2.24) is 0 Å². The van der Waals surface area contributed by atoms with Gasteiger partial charge in [0.25, 0.3) is 0 Å². The van der Waals surface area contributed by atoms with Crippen molar-refractivity contribution in [3.05, 3.63) is 57.6 Å². The van der Waals surface area contributed by atoms with E-state index in [-0.39, 0.29) is 11.3 Å². The number of fused-ring (bicyclic) bond motifs is 1. The molecular formula is C28H39NO3. The summed E-state index contributed by atoms with van der Waals surface area (Å²) in [7, 11) is 0. The number of benzene rings is 2. The number of amides is 1. The van der Waals surface area contributed by atoms with Gasteiger partial charge < -0.3 is 15.2 Å². The molecular weight excluding hydrogens is 398 g/mol. The molecule has 3 rings (SSSR count). The van der Waals surface area contributed by atoms with E-state index in [2.05, 4.69) is 64.2 Å². The van der Waals surface area contributed by atoms with Crippen molar-refractivity contribution in [2.24, 2.45) is 5.41 Å². The Kier molecular flexibility index (Phi) is 6.50. The molecule has 0 spiro atoms. The lowest BCUT2D eigenvalue weighted by atomic mass is 9.87. The molecule has 174 valence electrons. The number of aliphatic hydroxyl groups excluding tert-OH is 1. The first-order valence-corrected chi connectivity index (χ1v) is 11.6. The molecule has 1 aliphatic rings. The van der Waals surface area contributed by atoms with Gasteiger partial charge >= 0.3 is 0 Å². The van der Waals surface area contributed by atoms with Gasteiger partial charge in [-0.25, -0.2) is 0 Å². The normalized spacial score (nSPS) is 17.3. The molecule has 0 fully saturated rings. The summed E-state index contributed by atoms with van der Waals surface area (Å²) in [6.45, 7) is 18.4. The molecule has 1 aliphatic heterocycles. The highest BCUT2D eigenvalue weighted by atomic mass is 16.5. The van der Waals surface area contributed by atoms with Gasteiger partial charge in [0.15, 0.2) is 0 Å².